The van der Waals surface area contributed by atoms with Crippen LogP contribution in [0.5, 0.6) is 0 Å². The third-order valence-electron chi connectivity index (χ3n) is 3.43. The van der Waals surface area contributed by atoms with Crippen LogP contribution in [-0.2, 0) is 6.54 Å². The molecule has 108 valence electrons. The molecule has 19 heavy (non-hydrogen) atoms. The van der Waals surface area contributed by atoms with E-state index in [-0.39, 0.29) is 12.0 Å². The van der Waals surface area contributed by atoms with Gasteiger partial charge in [-0.1, -0.05) is 39.8 Å². The van der Waals surface area contributed by atoms with E-state index in [9.17, 15) is 5.11 Å². The van der Waals surface area contributed by atoms with Crippen LogP contribution in [0.4, 0.5) is 5.69 Å². The second-order valence-corrected chi connectivity index (χ2v) is 5.84. The van der Waals surface area contributed by atoms with Crippen molar-refractivity contribution in [2.75, 3.05) is 31.6 Å². The third kappa shape index (κ3) is 5.62. The number of hydrogen-bond donors (Lipinski definition) is 2. The molecule has 0 fully saturated rings. The van der Waals surface area contributed by atoms with Gasteiger partial charge in [-0.05, 0) is 30.8 Å². The average molecular weight is 264 g/mol. The summed E-state index contributed by atoms with van der Waals surface area (Å²) in [6.07, 6.45) is 0. The van der Waals surface area contributed by atoms with Crippen LogP contribution in [0, 0.1) is 5.41 Å². The van der Waals surface area contributed by atoms with E-state index in [1.54, 1.807) is 0 Å². The number of nitrogens with zero attached hydrogens (tertiary/aromatic N) is 1. The van der Waals surface area contributed by atoms with Crippen molar-refractivity contribution < 1.29 is 5.11 Å². The highest BCUT2D eigenvalue weighted by atomic mass is 16.3. The van der Waals surface area contributed by atoms with Crippen molar-refractivity contribution >= 4 is 5.69 Å². The van der Waals surface area contributed by atoms with Crippen LogP contribution in [-0.4, -0.2) is 36.2 Å². The molecule has 0 amide bonds. The van der Waals surface area contributed by atoms with Crippen molar-refractivity contribution in [1.29, 1.82) is 0 Å². The van der Waals surface area contributed by atoms with Crippen LogP contribution in [0.3, 0.4) is 0 Å². The van der Waals surface area contributed by atoms with Crippen molar-refractivity contribution in [2.24, 2.45) is 5.41 Å². The van der Waals surface area contributed by atoms with Gasteiger partial charge in [0.1, 0.15) is 0 Å². The fourth-order valence-corrected chi connectivity index (χ4v) is 1.88. The van der Waals surface area contributed by atoms with Crippen LogP contribution in [0.2, 0.25) is 0 Å². The molecule has 0 unspecified atom stereocenters. The maximum Gasteiger partial charge on any atom is 0.0498 e. The van der Waals surface area contributed by atoms with E-state index in [2.05, 4.69) is 62.2 Å². The monoisotopic (exact) mass is 264 g/mol. The standard InChI is InChI=1S/C16H28N2O/c1-5-18(6-2)11-14-8-7-9-15(10-14)17-12-16(3,4)13-19/h7-10,17,19H,5-6,11-13H2,1-4H3. The number of aliphatic hydroxyl groups is 1. The number of nitrogens with one attached hydrogen (secondary N) is 1. The molecule has 0 aliphatic heterocycles. The van der Waals surface area contributed by atoms with Gasteiger partial charge in [0, 0.05) is 30.8 Å². The number of aliphatic hydroxyl groups excluding tert-OH is 1. The van der Waals surface area contributed by atoms with E-state index in [0.29, 0.717) is 0 Å². The van der Waals surface area contributed by atoms with E-state index in [0.717, 1.165) is 31.9 Å². The van der Waals surface area contributed by atoms with Gasteiger partial charge in [0.25, 0.3) is 0 Å². The van der Waals surface area contributed by atoms with Crippen LogP contribution in [0.15, 0.2) is 24.3 Å². The lowest BCUT2D eigenvalue weighted by atomic mass is 9.95. The highest BCUT2D eigenvalue weighted by Gasteiger charge is 2.15. The Hall–Kier alpha value is -1.06. The molecule has 1 aromatic carbocycles. The lowest BCUT2D eigenvalue weighted by Gasteiger charge is -2.23. The minimum Gasteiger partial charge on any atom is -0.396 e. The van der Waals surface area contributed by atoms with Gasteiger partial charge >= 0.3 is 0 Å². The summed E-state index contributed by atoms with van der Waals surface area (Å²) in [5.74, 6) is 0. The summed E-state index contributed by atoms with van der Waals surface area (Å²) in [6.45, 7) is 12.6. The quantitative estimate of drug-likeness (QED) is 0.758. The predicted molar refractivity (Wildman–Crippen MR) is 82.4 cm³/mol. The maximum absolute atomic E-state index is 9.26. The SMILES string of the molecule is CCN(CC)Cc1cccc(NCC(C)(C)CO)c1. The molecule has 0 saturated heterocycles. The van der Waals surface area contributed by atoms with Crippen LogP contribution >= 0.6 is 0 Å². The molecule has 0 aliphatic rings. The average Bonchev–Trinajstić information content (AvgIpc) is 2.43. The summed E-state index contributed by atoms with van der Waals surface area (Å²) in [7, 11) is 0. The van der Waals surface area contributed by atoms with Gasteiger partial charge in [-0.2, -0.15) is 0 Å². The summed E-state index contributed by atoms with van der Waals surface area (Å²) >= 11 is 0. The minimum atomic E-state index is -0.0884. The number of anilines is 1. The summed E-state index contributed by atoms with van der Waals surface area (Å²) in [6, 6.07) is 8.54. The van der Waals surface area contributed by atoms with Crippen molar-refractivity contribution in [2.45, 2.75) is 34.2 Å². The van der Waals surface area contributed by atoms with Gasteiger partial charge in [-0.15, -0.1) is 0 Å². The van der Waals surface area contributed by atoms with E-state index >= 15 is 0 Å². The van der Waals surface area contributed by atoms with E-state index in [1.807, 2.05) is 0 Å². The van der Waals surface area contributed by atoms with Crippen LogP contribution in [0.25, 0.3) is 0 Å². The summed E-state index contributed by atoms with van der Waals surface area (Å²) in [5, 5.41) is 12.7. The van der Waals surface area contributed by atoms with E-state index < -0.39 is 0 Å². The highest BCUT2D eigenvalue weighted by Crippen LogP contribution is 2.17. The van der Waals surface area contributed by atoms with E-state index in [1.165, 1.54) is 5.56 Å². The first-order valence-electron chi connectivity index (χ1n) is 7.16. The first-order valence-corrected chi connectivity index (χ1v) is 7.16. The molecule has 3 nitrogen and oxygen atoms in total. The lowest BCUT2D eigenvalue weighted by molar-refractivity contribution is 0.171. The summed E-state index contributed by atoms with van der Waals surface area (Å²) in [4.78, 5) is 2.40. The molecule has 0 aliphatic carbocycles. The van der Waals surface area contributed by atoms with Gasteiger partial charge in [0.15, 0.2) is 0 Å². The van der Waals surface area contributed by atoms with Gasteiger partial charge < -0.3 is 10.4 Å². The molecule has 0 heterocycles. The van der Waals surface area contributed by atoms with E-state index in [4.69, 9.17) is 0 Å². The molecule has 0 atom stereocenters. The molecule has 0 spiro atoms. The Morgan fingerprint density at radius 2 is 1.89 bits per heavy atom. The Morgan fingerprint density at radius 3 is 2.47 bits per heavy atom. The summed E-state index contributed by atoms with van der Waals surface area (Å²) in [5.41, 5.74) is 2.37. The minimum absolute atomic E-state index is 0.0884. The molecule has 1 aromatic rings. The fraction of sp³-hybridized carbons (Fsp3) is 0.625. The second kappa shape index (κ2) is 7.51. The van der Waals surface area contributed by atoms with Gasteiger partial charge in [-0.25, -0.2) is 0 Å². The van der Waals surface area contributed by atoms with Crippen molar-refractivity contribution in [3.05, 3.63) is 29.8 Å². The molecule has 0 saturated carbocycles. The first-order chi connectivity index (χ1) is 9.00. The molecule has 0 bridgehead atoms. The zero-order valence-corrected chi connectivity index (χ0v) is 12.7. The van der Waals surface area contributed by atoms with Crippen molar-refractivity contribution in [3.63, 3.8) is 0 Å². The normalized spacial score (nSPS) is 11.9. The van der Waals surface area contributed by atoms with Crippen molar-refractivity contribution in [3.8, 4) is 0 Å². The zero-order chi connectivity index (χ0) is 14.3. The molecule has 0 radical (unpaired) electrons. The fourth-order valence-electron chi connectivity index (χ4n) is 1.88. The summed E-state index contributed by atoms with van der Waals surface area (Å²) < 4.78 is 0. The Morgan fingerprint density at radius 1 is 1.21 bits per heavy atom. The molecule has 0 aromatic heterocycles. The lowest BCUT2D eigenvalue weighted by Crippen LogP contribution is -2.27. The Labute approximate surface area is 117 Å². The number of benzene rings is 1. The Kier molecular flexibility index (Phi) is 6.32. The predicted octanol–water partition coefficient (Wildman–Crippen LogP) is 2.96. The number of rotatable bonds is 8. The zero-order valence-electron chi connectivity index (χ0n) is 12.7. The molecule has 3 heteroatoms. The first kappa shape index (κ1) is 16.0. The van der Waals surface area contributed by atoms with Crippen LogP contribution in [0.1, 0.15) is 33.3 Å². The largest absolute Gasteiger partial charge is 0.396 e. The smallest absolute Gasteiger partial charge is 0.0498 e. The van der Waals surface area contributed by atoms with Gasteiger partial charge in [-0.3, -0.25) is 4.90 Å². The second-order valence-electron chi connectivity index (χ2n) is 5.84. The van der Waals surface area contributed by atoms with Gasteiger partial charge in [0.2, 0.25) is 0 Å². The Bertz CT molecular complexity index is 373. The Balaban J connectivity index is 2.61. The molecular formula is C16H28N2O. The molecule has 1 rings (SSSR count). The molecular weight excluding hydrogens is 236 g/mol. The topological polar surface area (TPSA) is 35.5 Å². The number of hydrogen-bond acceptors (Lipinski definition) is 3. The third-order valence-corrected chi connectivity index (χ3v) is 3.43. The maximum atomic E-state index is 9.26. The van der Waals surface area contributed by atoms with Gasteiger partial charge in [0.05, 0.1) is 0 Å². The molecule has 2 N–H and O–H groups in total. The highest BCUT2D eigenvalue weighted by molar-refractivity contribution is 5.45. The van der Waals surface area contributed by atoms with Crippen LogP contribution < -0.4 is 5.32 Å². The van der Waals surface area contributed by atoms with Crippen molar-refractivity contribution in [1.82, 2.24) is 4.90 Å².